The third-order valence-electron chi connectivity index (χ3n) is 4.78. The molecule has 1 aromatic heterocycles. The largest absolute Gasteiger partial charge is 0.344 e. The van der Waals surface area contributed by atoms with Gasteiger partial charge in [-0.2, -0.15) is 0 Å². The Morgan fingerprint density at radius 3 is 2.34 bits per heavy atom. The number of amides is 2. The second-order valence-electron chi connectivity index (χ2n) is 7.09. The van der Waals surface area contributed by atoms with E-state index in [4.69, 9.17) is 0 Å². The van der Waals surface area contributed by atoms with Crippen molar-refractivity contribution in [2.24, 2.45) is 0 Å². The number of piperazine rings is 1. The zero-order valence-corrected chi connectivity index (χ0v) is 17.4. The zero-order chi connectivity index (χ0) is 21.1. The molecule has 1 aromatic carbocycles. The fourth-order valence-electron chi connectivity index (χ4n) is 3.13. The van der Waals surface area contributed by atoms with E-state index in [9.17, 15) is 19.7 Å². The summed E-state index contributed by atoms with van der Waals surface area (Å²) in [5.74, 6) is -0.159. The van der Waals surface area contributed by atoms with Gasteiger partial charge in [0.2, 0.25) is 0 Å². The summed E-state index contributed by atoms with van der Waals surface area (Å²) >= 11 is 1.42. The highest BCUT2D eigenvalue weighted by atomic mass is 32.1. The number of carbonyl (C=O) groups excluding carboxylic acids is 2. The van der Waals surface area contributed by atoms with Gasteiger partial charge in [-0.1, -0.05) is 0 Å². The molecule has 10 heteroatoms. The first kappa shape index (κ1) is 20.9. The maximum Gasteiger partial charge on any atom is 0.269 e. The molecule has 1 saturated heterocycles. The van der Waals surface area contributed by atoms with Gasteiger partial charge in [-0.3, -0.25) is 24.6 Å². The Morgan fingerprint density at radius 2 is 1.79 bits per heavy atom. The number of rotatable bonds is 5. The van der Waals surface area contributed by atoms with Gasteiger partial charge in [0.1, 0.15) is 9.88 Å². The number of hydrogen-bond donors (Lipinski definition) is 0. The smallest absolute Gasteiger partial charge is 0.269 e. The minimum Gasteiger partial charge on any atom is -0.344 e. The monoisotopic (exact) mass is 417 g/mol. The van der Waals surface area contributed by atoms with Crippen LogP contribution < -0.4 is 0 Å². The highest BCUT2D eigenvalue weighted by molar-refractivity contribution is 7.13. The van der Waals surface area contributed by atoms with E-state index in [2.05, 4.69) is 9.88 Å². The average Bonchev–Trinajstić information content (AvgIpc) is 3.07. The number of benzene rings is 1. The summed E-state index contributed by atoms with van der Waals surface area (Å²) in [6, 6.07) is 5.69. The molecule has 3 rings (SSSR count). The molecule has 0 unspecified atom stereocenters. The molecule has 0 N–H and O–H groups in total. The number of non-ortho nitro benzene ring substituents is 1. The molecule has 0 saturated carbocycles. The number of aromatic nitrogens is 1. The van der Waals surface area contributed by atoms with Crippen LogP contribution in [0.15, 0.2) is 24.3 Å². The first-order valence-corrected chi connectivity index (χ1v) is 10.0. The molecule has 1 fully saturated rings. The molecule has 0 radical (unpaired) electrons. The summed E-state index contributed by atoms with van der Waals surface area (Å²) in [5.41, 5.74) is 1.17. The standard InChI is InChI=1S/C19H23N5O4S/c1-13-17(19(26)21(2)3)29-16(20-13)12-22-8-10-23(11-9-22)18(25)14-4-6-15(7-5-14)24(27)28/h4-7H,8-12H2,1-3H3. The van der Waals surface area contributed by atoms with Crippen LogP contribution in [-0.2, 0) is 6.54 Å². The van der Waals surface area contributed by atoms with Crippen LogP contribution in [0.3, 0.4) is 0 Å². The van der Waals surface area contributed by atoms with E-state index in [-0.39, 0.29) is 17.5 Å². The number of thiazole rings is 1. The predicted molar refractivity (Wildman–Crippen MR) is 109 cm³/mol. The second kappa shape index (κ2) is 8.66. The third-order valence-corrected chi connectivity index (χ3v) is 5.91. The SMILES string of the molecule is Cc1nc(CN2CCN(C(=O)c3ccc([N+](=O)[O-])cc3)CC2)sc1C(=O)N(C)C. The average molecular weight is 417 g/mol. The molecule has 0 aliphatic carbocycles. The predicted octanol–water partition coefficient (Wildman–Crippen LogP) is 2.02. The van der Waals surface area contributed by atoms with Crippen molar-refractivity contribution < 1.29 is 14.5 Å². The Morgan fingerprint density at radius 1 is 1.17 bits per heavy atom. The van der Waals surface area contributed by atoms with Crippen molar-refractivity contribution in [2.45, 2.75) is 13.5 Å². The molecule has 9 nitrogen and oxygen atoms in total. The number of hydrogen-bond acceptors (Lipinski definition) is 7. The van der Waals surface area contributed by atoms with E-state index >= 15 is 0 Å². The van der Waals surface area contributed by atoms with Gasteiger partial charge < -0.3 is 9.80 Å². The van der Waals surface area contributed by atoms with Gasteiger partial charge in [-0.05, 0) is 19.1 Å². The molecule has 0 atom stereocenters. The van der Waals surface area contributed by atoms with Crippen LogP contribution in [0.5, 0.6) is 0 Å². The first-order chi connectivity index (χ1) is 13.8. The van der Waals surface area contributed by atoms with Crippen LogP contribution >= 0.6 is 11.3 Å². The van der Waals surface area contributed by atoms with E-state index in [0.717, 1.165) is 10.7 Å². The van der Waals surface area contributed by atoms with E-state index in [1.807, 2.05) is 6.92 Å². The lowest BCUT2D eigenvalue weighted by Gasteiger charge is -2.34. The summed E-state index contributed by atoms with van der Waals surface area (Å²) in [5, 5.41) is 11.6. The molecule has 2 aromatic rings. The quantitative estimate of drug-likeness (QED) is 0.545. The summed E-state index contributed by atoms with van der Waals surface area (Å²) in [6.07, 6.45) is 0. The molecule has 1 aliphatic heterocycles. The van der Waals surface area contributed by atoms with Crippen LogP contribution in [-0.4, -0.2) is 76.7 Å². The van der Waals surface area contributed by atoms with Crippen LogP contribution in [0, 0.1) is 17.0 Å². The highest BCUT2D eigenvalue weighted by Crippen LogP contribution is 2.22. The van der Waals surface area contributed by atoms with Crippen LogP contribution in [0.1, 0.15) is 30.7 Å². The van der Waals surface area contributed by atoms with Gasteiger partial charge in [-0.25, -0.2) is 4.98 Å². The maximum atomic E-state index is 12.6. The van der Waals surface area contributed by atoms with Crippen molar-refractivity contribution in [3.63, 3.8) is 0 Å². The maximum absolute atomic E-state index is 12.6. The van der Waals surface area contributed by atoms with Gasteiger partial charge in [0.15, 0.2) is 0 Å². The Kier molecular flexibility index (Phi) is 6.23. The normalized spacial score (nSPS) is 14.7. The third kappa shape index (κ3) is 4.77. The molecule has 2 heterocycles. The number of aryl methyl sites for hydroxylation is 1. The Hall–Kier alpha value is -2.85. The van der Waals surface area contributed by atoms with Crippen molar-refractivity contribution >= 4 is 28.8 Å². The molecule has 2 amide bonds. The van der Waals surface area contributed by atoms with Gasteiger partial charge in [0, 0.05) is 58.0 Å². The van der Waals surface area contributed by atoms with Gasteiger partial charge in [0.25, 0.3) is 17.5 Å². The molecular weight excluding hydrogens is 394 g/mol. The van der Waals surface area contributed by atoms with Crippen LogP contribution in [0.25, 0.3) is 0 Å². The summed E-state index contributed by atoms with van der Waals surface area (Å²) < 4.78 is 0. The zero-order valence-electron chi connectivity index (χ0n) is 16.6. The minimum atomic E-state index is -0.481. The molecule has 29 heavy (non-hydrogen) atoms. The number of carbonyl (C=O) groups is 2. The fourth-order valence-corrected chi connectivity index (χ4v) is 4.26. The Labute approximate surface area is 172 Å². The summed E-state index contributed by atoms with van der Waals surface area (Å²) in [6.45, 7) is 5.04. The van der Waals surface area contributed by atoms with Crippen molar-refractivity contribution in [3.8, 4) is 0 Å². The second-order valence-corrected chi connectivity index (χ2v) is 8.18. The van der Waals surface area contributed by atoms with E-state index in [1.54, 1.807) is 23.9 Å². The number of nitrogens with zero attached hydrogens (tertiary/aromatic N) is 5. The van der Waals surface area contributed by atoms with Gasteiger partial charge in [0.05, 0.1) is 17.2 Å². The van der Waals surface area contributed by atoms with Crippen molar-refractivity contribution in [2.75, 3.05) is 40.3 Å². The van der Waals surface area contributed by atoms with E-state index < -0.39 is 4.92 Å². The van der Waals surface area contributed by atoms with Crippen LogP contribution in [0.2, 0.25) is 0 Å². The number of nitro groups is 1. The molecule has 0 bridgehead atoms. The van der Waals surface area contributed by atoms with Crippen LogP contribution in [0.4, 0.5) is 5.69 Å². The Balaban J connectivity index is 1.56. The molecular formula is C19H23N5O4S. The lowest BCUT2D eigenvalue weighted by Crippen LogP contribution is -2.48. The molecule has 154 valence electrons. The van der Waals surface area contributed by atoms with E-state index in [1.165, 1.54) is 35.6 Å². The first-order valence-electron chi connectivity index (χ1n) is 9.20. The lowest BCUT2D eigenvalue weighted by atomic mass is 10.1. The van der Waals surface area contributed by atoms with Gasteiger partial charge in [-0.15, -0.1) is 11.3 Å². The number of nitro benzene ring substituents is 1. The lowest BCUT2D eigenvalue weighted by molar-refractivity contribution is -0.384. The summed E-state index contributed by atoms with van der Waals surface area (Å²) in [7, 11) is 3.45. The minimum absolute atomic E-state index is 0.0303. The fraction of sp³-hybridized carbons (Fsp3) is 0.421. The van der Waals surface area contributed by atoms with Crippen molar-refractivity contribution in [1.29, 1.82) is 0 Å². The Bertz CT molecular complexity index is 917. The van der Waals surface area contributed by atoms with Gasteiger partial charge >= 0.3 is 0 Å². The van der Waals surface area contributed by atoms with Crippen molar-refractivity contribution in [1.82, 2.24) is 19.7 Å². The van der Waals surface area contributed by atoms with E-state index in [0.29, 0.717) is 43.2 Å². The highest BCUT2D eigenvalue weighted by Gasteiger charge is 2.24. The summed E-state index contributed by atoms with van der Waals surface area (Å²) in [4.78, 5) is 45.8. The molecule has 1 aliphatic rings. The topological polar surface area (TPSA) is 99.9 Å². The molecule has 0 spiro atoms. The van der Waals surface area contributed by atoms with Crippen molar-refractivity contribution in [3.05, 3.63) is 55.5 Å².